The molecule has 0 bridgehead atoms. The lowest BCUT2D eigenvalue weighted by Crippen LogP contribution is -2.32. The molecular formula is C20H26N2O6. The second kappa shape index (κ2) is 8.43. The normalized spacial score (nSPS) is 12.4. The molecule has 0 aliphatic heterocycles. The van der Waals surface area contributed by atoms with Crippen molar-refractivity contribution in [3.63, 3.8) is 0 Å². The van der Waals surface area contributed by atoms with E-state index >= 15 is 0 Å². The van der Waals surface area contributed by atoms with Gasteiger partial charge in [0.2, 0.25) is 0 Å². The number of ether oxygens (including phenoxy) is 4. The van der Waals surface area contributed by atoms with Gasteiger partial charge in [0.15, 0.2) is 0 Å². The molecule has 2 rings (SSSR count). The van der Waals surface area contributed by atoms with Gasteiger partial charge in [0.05, 0.1) is 32.1 Å². The zero-order chi connectivity index (χ0) is 21.1. The number of hydrogen-bond donors (Lipinski definition) is 1. The van der Waals surface area contributed by atoms with Crippen molar-refractivity contribution < 1.29 is 28.5 Å². The van der Waals surface area contributed by atoms with Crippen LogP contribution < -0.4 is 15.2 Å². The third kappa shape index (κ3) is 4.51. The number of benzene rings is 1. The lowest BCUT2D eigenvalue weighted by Gasteiger charge is -2.23. The maximum absolute atomic E-state index is 12.5. The molecule has 1 aromatic carbocycles. The number of methoxy groups -OCH3 is 2. The molecule has 1 unspecified atom stereocenters. The van der Waals surface area contributed by atoms with Crippen molar-refractivity contribution in [1.29, 1.82) is 0 Å². The quantitative estimate of drug-likeness (QED) is 0.750. The highest BCUT2D eigenvalue weighted by atomic mass is 16.6. The van der Waals surface area contributed by atoms with Gasteiger partial charge >= 0.3 is 11.9 Å². The number of fused-ring (bicyclic) bond motifs is 1. The summed E-state index contributed by atoms with van der Waals surface area (Å²) in [4.78, 5) is 29.2. The van der Waals surface area contributed by atoms with Crippen LogP contribution in [0, 0.1) is 0 Å². The summed E-state index contributed by atoms with van der Waals surface area (Å²) < 4.78 is 21.2. The second-order valence-electron chi connectivity index (χ2n) is 7.04. The Morgan fingerprint density at radius 1 is 1.18 bits per heavy atom. The number of nitrogens with two attached hydrogens (primary N) is 1. The molecular weight excluding hydrogens is 364 g/mol. The van der Waals surface area contributed by atoms with Crippen LogP contribution in [-0.2, 0) is 14.3 Å². The van der Waals surface area contributed by atoms with E-state index in [0.717, 1.165) is 0 Å². The minimum Gasteiger partial charge on any atom is -0.497 e. The SMILES string of the molecule is CCOC(=O)c1cnc(C(N)C(=O)OC(C)(C)C)c2c(OC)cc(OC)cc12. The van der Waals surface area contributed by atoms with Gasteiger partial charge in [0.1, 0.15) is 23.1 Å². The average Bonchev–Trinajstić information content (AvgIpc) is 2.64. The van der Waals surface area contributed by atoms with Crippen LogP contribution in [0.3, 0.4) is 0 Å². The molecule has 1 heterocycles. The molecule has 8 nitrogen and oxygen atoms in total. The number of carbonyl (C=O) groups is 2. The summed E-state index contributed by atoms with van der Waals surface area (Å²) in [5, 5.41) is 0.880. The molecule has 1 atom stereocenters. The van der Waals surface area contributed by atoms with E-state index in [-0.39, 0.29) is 17.9 Å². The lowest BCUT2D eigenvalue weighted by molar-refractivity contribution is -0.156. The highest BCUT2D eigenvalue weighted by Gasteiger charge is 2.29. The molecule has 8 heteroatoms. The van der Waals surface area contributed by atoms with Crippen LogP contribution in [0.15, 0.2) is 18.3 Å². The predicted octanol–water partition coefficient (Wildman–Crippen LogP) is 2.77. The van der Waals surface area contributed by atoms with E-state index in [4.69, 9.17) is 24.7 Å². The average molecular weight is 390 g/mol. The third-order valence-corrected chi connectivity index (χ3v) is 3.86. The van der Waals surface area contributed by atoms with Gasteiger partial charge in [0.25, 0.3) is 0 Å². The van der Waals surface area contributed by atoms with Gasteiger partial charge in [-0.1, -0.05) is 0 Å². The summed E-state index contributed by atoms with van der Waals surface area (Å²) in [6.45, 7) is 7.16. The molecule has 1 aromatic heterocycles. The number of pyridine rings is 1. The van der Waals surface area contributed by atoms with Crippen LogP contribution in [0.1, 0.15) is 49.8 Å². The van der Waals surface area contributed by atoms with Crippen molar-refractivity contribution in [2.45, 2.75) is 39.3 Å². The summed E-state index contributed by atoms with van der Waals surface area (Å²) in [5.41, 5.74) is 5.90. The van der Waals surface area contributed by atoms with E-state index in [1.54, 1.807) is 39.8 Å². The van der Waals surface area contributed by atoms with Gasteiger partial charge in [-0.25, -0.2) is 9.59 Å². The predicted molar refractivity (Wildman–Crippen MR) is 104 cm³/mol. The Hall–Kier alpha value is -2.87. The smallest absolute Gasteiger partial charge is 0.340 e. The van der Waals surface area contributed by atoms with Crippen molar-refractivity contribution in [1.82, 2.24) is 4.98 Å². The van der Waals surface area contributed by atoms with Crippen LogP contribution in [0.5, 0.6) is 11.5 Å². The summed E-state index contributed by atoms with van der Waals surface area (Å²) >= 11 is 0. The van der Waals surface area contributed by atoms with Crippen LogP contribution in [0.25, 0.3) is 10.8 Å². The molecule has 2 N–H and O–H groups in total. The summed E-state index contributed by atoms with van der Waals surface area (Å²) in [7, 11) is 2.97. The van der Waals surface area contributed by atoms with Crippen molar-refractivity contribution in [2.75, 3.05) is 20.8 Å². The van der Waals surface area contributed by atoms with Crippen molar-refractivity contribution in [3.05, 3.63) is 29.6 Å². The van der Waals surface area contributed by atoms with Crippen molar-refractivity contribution in [2.24, 2.45) is 5.73 Å². The maximum atomic E-state index is 12.5. The Labute approximate surface area is 163 Å². The van der Waals surface area contributed by atoms with E-state index in [0.29, 0.717) is 22.3 Å². The number of nitrogens with zero attached hydrogens (tertiary/aromatic N) is 1. The first-order valence-corrected chi connectivity index (χ1v) is 8.83. The molecule has 0 saturated heterocycles. The first-order chi connectivity index (χ1) is 13.1. The van der Waals surface area contributed by atoms with E-state index < -0.39 is 23.6 Å². The molecule has 2 aromatic rings. The molecule has 0 saturated carbocycles. The van der Waals surface area contributed by atoms with Gasteiger partial charge in [-0.05, 0) is 33.8 Å². The summed E-state index contributed by atoms with van der Waals surface area (Å²) in [5.74, 6) is -0.351. The van der Waals surface area contributed by atoms with Crippen molar-refractivity contribution >= 4 is 22.7 Å². The number of aromatic nitrogens is 1. The Kier molecular flexibility index (Phi) is 6.45. The van der Waals surface area contributed by atoms with E-state index in [1.807, 2.05) is 0 Å². The molecule has 0 aliphatic carbocycles. The number of esters is 2. The minimum absolute atomic E-state index is 0.209. The Morgan fingerprint density at radius 3 is 2.39 bits per heavy atom. The van der Waals surface area contributed by atoms with Gasteiger partial charge < -0.3 is 24.7 Å². The van der Waals surface area contributed by atoms with E-state index in [1.165, 1.54) is 20.4 Å². The number of carbonyl (C=O) groups excluding carboxylic acids is 2. The van der Waals surface area contributed by atoms with Crippen LogP contribution in [0.4, 0.5) is 0 Å². The molecule has 152 valence electrons. The third-order valence-electron chi connectivity index (χ3n) is 3.86. The number of rotatable bonds is 6. The fourth-order valence-electron chi connectivity index (χ4n) is 2.70. The Morgan fingerprint density at radius 2 is 1.86 bits per heavy atom. The maximum Gasteiger partial charge on any atom is 0.340 e. The monoisotopic (exact) mass is 390 g/mol. The number of hydrogen-bond acceptors (Lipinski definition) is 8. The largest absolute Gasteiger partial charge is 0.497 e. The van der Waals surface area contributed by atoms with Crippen LogP contribution in [-0.4, -0.2) is 43.4 Å². The molecule has 28 heavy (non-hydrogen) atoms. The lowest BCUT2D eigenvalue weighted by atomic mass is 10.00. The first-order valence-electron chi connectivity index (χ1n) is 8.83. The van der Waals surface area contributed by atoms with E-state index in [9.17, 15) is 9.59 Å². The van der Waals surface area contributed by atoms with Gasteiger partial charge in [-0.15, -0.1) is 0 Å². The van der Waals surface area contributed by atoms with Crippen LogP contribution >= 0.6 is 0 Å². The first kappa shape index (κ1) is 21.4. The molecule has 0 amide bonds. The highest BCUT2D eigenvalue weighted by Crippen LogP contribution is 2.37. The molecule has 0 fully saturated rings. The van der Waals surface area contributed by atoms with Crippen molar-refractivity contribution in [3.8, 4) is 11.5 Å². The fraction of sp³-hybridized carbons (Fsp3) is 0.450. The van der Waals surface area contributed by atoms with E-state index in [2.05, 4.69) is 4.98 Å². The molecule has 0 radical (unpaired) electrons. The van der Waals surface area contributed by atoms with Gasteiger partial charge in [0, 0.05) is 23.0 Å². The van der Waals surface area contributed by atoms with Crippen LogP contribution in [0.2, 0.25) is 0 Å². The minimum atomic E-state index is -1.17. The summed E-state index contributed by atoms with van der Waals surface area (Å²) in [6, 6.07) is 2.11. The Bertz CT molecular complexity index is 888. The molecule has 0 spiro atoms. The van der Waals surface area contributed by atoms with Gasteiger partial charge in [-0.3, -0.25) is 4.98 Å². The zero-order valence-corrected chi connectivity index (χ0v) is 17.0. The standard InChI is InChI=1S/C20H26N2O6/c1-7-27-18(23)13-10-22-17(16(21)19(24)28-20(2,3)4)15-12(13)8-11(25-5)9-14(15)26-6/h8-10,16H,7,21H2,1-6H3. The highest BCUT2D eigenvalue weighted by molar-refractivity contribution is 6.08. The topological polar surface area (TPSA) is 110 Å². The molecule has 0 aliphatic rings. The fourth-order valence-corrected chi connectivity index (χ4v) is 2.70. The summed E-state index contributed by atoms with van der Waals surface area (Å²) in [6.07, 6.45) is 1.33. The van der Waals surface area contributed by atoms with Gasteiger partial charge in [-0.2, -0.15) is 0 Å². The zero-order valence-electron chi connectivity index (χ0n) is 17.0. The Balaban J connectivity index is 2.73. The second-order valence-corrected chi connectivity index (χ2v) is 7.04.